The maximum atomic E-state index is 12.5. The molecule has 9 heteroatoms. The van der Waals surface area contributed by atoms with E-state index in [4.69, 9.17) is 11.6 Å². The molecule has 7 nitrogen and oxygen atoms in total. The lowest BCUT2D eigenvalue weighted by atomic mass is 10.0. The zero-order chi connectivity index (χ0) is 19.3. The first-order chi connectivity index (χ1) is 12.1. The van der Waals surface area contributed by atoms with Crippen molar-refractivity contribution >= 4 is 39.1 Å². The Hall–Kier alpha value is -1.80. The molecule has 1 aromatic rings. The van der Waals surface area contributed by atoms with Crippen molar-refractivity contribution in [3.8, 4) is 0 Å². The molecule has 1 aliphatic heterocycles. The van der Waals surface area contributed by atoms with E-state index < -0.39 is 28.0 Å². The highest BCUT2D eigenvalue weighted by molar-refractivity contribution is 7.91. The lowest BCUT2D eigenvalue weighted by molar-refractivity contribution is -0.118. The molecular formula is C17H24ClN3O4S. The predicted octanol–water partition coefficient (Wildman–Crippen LogP) is 2.18. The summed E-state index contributed by atoms with van der Waals surface area (Å²) in [6.45, 7) is 3.89. The van der Waals surface area contributed by atoms with E-state index in [2.05, 4.69) is 16.0 Å². The molecule has 0 bridgehead atoms. The molecule has 0 radical (unpaired) electrons. The summed E-state index contributed by atoms with van der Waals surface area (Å²) >= 11 is 5.91. The highest BCUT2D eigenvalue weighted by atomic mass is 35.5. The van der Waals surface area contributed by atoms with Gasteiger partial charge in [-0.05, 0) is 37.0 Å². The Balaban J connectivity index is 1.97. The molecule has 0 aliphatic carbocycles. The van der Waals surface area contributed by atoms with Gasteiger partial charge in [-0.3, -0.25) is 4.79 Å². The third kappa shape index (κ3) is 6.49. The number of sulfone groups is 1. The van der Waals surface area contributed by atoms with Gasteiger partial charge in [0.05, 0.1) is 11.5 Å². The van der Waals surface area contributed by atoms with Gasteiger partial charge >= 0.3 is 6.03 Å². The fourth-order valence-corrected chi connectivity index (χ4v) is 4.66. The van der Waals surface area contributed by atoms with Crippen LogP contribution in [0.5, 0.6) is 0 Å². The average molecular weight is 402 g/mol. The van der Waals surface area contributed by atoms with Gasteiger partial charge in [-0.2, -0.15) is 0 Å². The summed E-state index contributed by atoms with van der Waals surface area (Å²) in [6.07, 6.45) is 0.835. The van der Waals surface area contributed by atoms with E-state index in [9.17, 15) is 18.0 Å². The minimum absolute atomic E-state index is 0.0655. The third-order valence-corrected chi connectivity index (χ3v) is 5.99. The number of carbonyl (C=O) groups excluding carboxylic acids is 2. The SMILES string of the molecule is CC(C)C[C@@H](NC(=O)NC1CCS(=O)(=O)C1)C(=O)Nc1cccc(Cl)c1. The van der Waals surface area contributed by atoms with Crippen molar-refractivity contribution in [1.82, 2.24) is 10.6 Å². The van der Waals surface area contributed by atoms with E-state index in [1.54, 1.807) is 24.3 Å². The molecule has 3 amide bonds. The molecule has 26 heavy (non-hydrogen) atoms. The van der Waals surface area contributed by atoms with E-state index in [0.29, 0.717) is 23.6 Å². The second-order valence-corrected chi connectivity index (χ2v) is 9.56. The summed E-state index contributed by atoms with van der Waals surface area (Å²) in [6, 6.07) is 5.04. The first kappa shape index (κ1) is 20.5. The van der Waals surface area contributed by atoms with Gasteiger partial charge in [0.1, 0.15) is 6.04 Å². The van der Waals surface area contributed by atoms with Gasteiger partial charge in [-0.15, -0.1) is 0 Å². The quantitative estimate of drug-likeness (QED) is 0.679. The molecule has 1 fully saturated rings. The minimum atomic E-state index is -3.08. The number of benzene rings is 1. The zero-order valence-corrected chi connectivity index (χ0v) is 16.4. The van der Waals surface area contributed by atoms with E-state index >= 15 is 0 Å². The van der Waals surface area contributed by atoms with Crippen LogP contribution in [0, 0.1) is 5.92 Å². The monoisotopic (exact) mass is 401 g/mol. The number of halogens is 1. The maximum Gasteiger partial charge on any atom is 0.315 e. The molecule has 1 unspecified atom stereocenters. The molecular weight excluding hydrogens is 378 g/mol. The smallest absolute Gasteiger partial charge is 0.315 e. The molecule has 1 aromatic carbocycles. The van der Waals surface area contributed by atoms with Crippen molar-refractivity contribution in [2.75, 3.05) is 16.8 Å². The van der Waals surface area contributed by atoms with Crippen molar-refractivity contribution in [3.05, 3.63) is 29.3 Å². The summed E-state index contributed by atoms with van der Waals surface area (Å²) in [5.41, 5.74) is 0.542. The van der Waals surface area contributed by atoms with Crippen LogP contribution in [0.1, 0.15) is 26.7 Å². The van der Waals surface area contributed by atoms with E-state index in [1.807, 2.05) is 13.8 Å². The van der Waals surface area contributed by atoms with Crippen LogP contribution in [-0.4, -0.2) is 43.9 Å². The molecule has 0 saturated carbocycles. The van der Waals surface area contributed by atoms with Crippen LogP contribution in [0.3, 0.4) is 0 Å². The minimum Gasteiger partial charge on any atom is -0.334 e. The Morgan fingerprint density at radius 2 is 2.04 bits per heavy atom. The molecule has 2 atom stereocenters. The zero-order valence-electron chi connectivity index (χ0n) is 14.8. The Morgan fingerprint density at radius 3 is 2.62 bits per heavy atom. The molecule has 0 spiro atoms. The molecule has 144 valence electrons. The summed E-state index contributed by atoms with van der Waals surface area (Å²) in [5.74, 6) is -0.167. The summed E-state index contributed by atoms with van der Waals surface area (Å²) < 4.78 is 23.0. The predicted molar refractivity (Wildman–Crippen MR) is 102 cm³/mol. The van der Waals surface area contributed by atoms with Crippen LogP contribution in [0.15, 0.2) is 24.3 Å². The van der Waals surface area contributed by atoms with Crippen LogP contribution >= 0.6 is 11.6 Å². The second kappa shape index (κ2) is 8.73. The molecule has 2 rings (SSSR count). The van der Waals surface area contributed by atoms with Crippen LogP contribution in [0.25, 0.3) is 0 Å². The van der Waals surface area contributed by atoms with Gasteiger partial charge in [0, 0.05) is 16.8 Å². The number of anilines is 1. The van der Waals surface area contributed by atoms with Gasteiger partial charge < -0.3 is 16.0 Å². The normalized spacial score (nSPS) is 19.8. The average Bonchev–Trinajstić information content (AvgIpc) is 2.84. The fraction of sp³-hybridized carbons (Fsp3) is 0.529. The van der Waals surface area contributed by atoms with Crippen LogP contribution in [-0.2, 0) is 14.6 Å². The third-order valence-electron chi connectivity index (χ3n) is 3.99. The topological polar surface area (TPSA) is 104 Å². The first-order valence-corrected chi connectivity index (χ1v) is 10.7. The van der Waals surface area contributed by atoms with Crippen LogP contribution in [0.4, 0.5) is 10.5 Å². The van der Waals surface area contributed by atoms with Crippen molar-refractivity contribution in [2.45, 2.75) is 38.8 Å². The van der Waals surface area contributed by atoms with Crippen LogP contribution in [0.2, 0.25) is 5.02 Å². The molecule has 3 N–H and O–H groups in total. The number of hydrogen-bond donors (Lipinski definition) is 3. The van der Waals surface area contributed by atoms with Gasteiger partial charge in [-0.25, -0.2) is 13.2 Å². The maximum absolute atomic E-state index is 12.5. The first-order valence-electron chi connectivity index (χ1n) is 8.48. The standard InChI is InChI=1S/C17H24ClN3O4S/c1-11(2)8-15(16(22)19-13-5-3-4-12(18)9-13)21-17(23)20-14-6-7-26(24,25)10-14/h3-5,9,11,14-15H,6-8,10H2,1-2H3,(H,19,22)(H2,20,21,23)/t14?,15-/m1/s1. The molecule has 0 aromatic heterocycles. The lowest BCUT2D eigenvalue weighted by Crippen LogP contribution is -2.51. The lowest BCUT2D eigenvalue weighted by Gasteiger charge is -2.21. The fourth-order valence-electron chi connectivity index (χ4n) is 2.79. The van der Waals surface area contributed by atoms with Gasteiger partial charge in [0.2, 0.25) is 5.91 Å². The van der Waals surface area contributed by atoms with E-state index in [-0.39, 0.29) is 23.3 Å². The number of carbonyl (C=O) groups is 2. The van der Waals surface area contributed by atoms with Crippen molar-refractivity contribution in [3.63, 3.8) is 0 Å². The Bertz CT molecular complexity index is 767. The van der Waals surface area contributed by atoms with Crippen molar-refractivity contribution in [2.24, 2.45) is 5.92 Å². The van der Waals surface area contributed by atoms with Crippen LogP contribution < -0.4 is 16.0 Å². The number of hydrogen-bond acceptors (Lipinski definition) is 4. The summed E-state index contributed by atoms with van der Waals surface area (Å²) in [5, 5.41) is 8.52. The number of urea groups is 1. The number of amides is 3. The van der Waals surface area contributed by atoms with Crippen molar-refractivity contribution < 1.29 is 18.0 Å². The highest BCUT2D eigenvalue weighted by Gasteiger charge is 2.30. The van der Waals surface area contributed by atoms with E-state index in [1.165, 1.54) is 0 Å². The highest BCUT2D eigenvalue weighted by Crippen LogP contribution is 2.16. The Labute approximate surface area is 158 Å². The number of nitrogens with one attached hydrogen (secondary N) is 3. The molecule has 1 saturated heterocycles. The van der Waals surface area contributed by atoms with Crippen molar-refractivity contribution in [1.29, 1.82) is 0 Å². The molecule has 1 heterocycles. The molecule has 1 aliphatic rings. The van der Waals surface area contributed by atoms with Gasteiger partial charge in [0.15, 0.2) is 9.84 Å². The number of rotatable bonds is 6. The summed E-state index contributed by atoms with van der Waals surface area (Å²) in [4.78, 5) is 24.7. The second-order valence-electron chi connectivity index (χ2n) is 6.90. The van der Waals surface area contributed by atoms with Gasteiger partial charge in [-0.1, -0.05) is 31.5 Å². The summed E-state index contributed by atoms with van der Waals surface area (Å²) in [7, 11) is -3.08. The van der Waals surface area contributed by atoms with Gasteiger partial charge in [0.25, 0.3) is 0 Å². The Kier molecular flexibility index (Phi) is 6.88. The Morgan fingerprint density at radius 1 is 1.31 bits per heavy atom. The van der Waals surface area contributed by atoms with E-state index in [0.717, 1.165) is 0 Å². The largest absolute Gasteiger partial charge is 0.334 e.